The van der Waals surface area contributed by atoms with Crippen molar-refractivity contribution in [2.24, 2.45) is 11.7 Å². The maximum absolute atomic E-state index is 13.1. The molecule has 0 radical (unpaired) electrons. The molecule has 2 fully saturated rings. The van der Waals surface area contributed by atoms with Crippen molar-refractivity contribution >= 4 is 40.4 Å². The Hall–Kier alpha value is -6.15. The number of nitrogens with two attached hydrogens (primary N) is 1. The second-order valence-electron chi connectivity index (χ2n) is 15.3. The molecule has 1 unspecified atom stereocenters. The van der Waals surface area contributed by atoms with Gasteiger partial charge in [0.15, 0.2) is 17.0 Å². The zero-order valence-electron chi connectivity index (χ0n) is 33.2. The van der Waals surface area contributed by atoms with Crippen molar-refractivity contribution in [1.29, 1.82) is 0 Å². The number of benzene rings is 1. The van der Waals surface area contributed by atoms with E-state index in [2.05, 4.69) is 31.0 Å². The fraction of sp³-hybridized carbons (Fsp3) is 0.463. The van der Waals surface area contributed by atoms with Crippen molar-refractivity contribution in [1.82, 2.24) is 34.9 Å². The smallest absolute Gasteiger partial charge is 0.420 e. The molecule has 20 heteroatoms. The SMILES string of the molecule is NC(=O)c1nn(C2CCC(CNCCCOCCCc3cccc4c3oc(=O)n4C3CCC(=O)NC3=O)CC2)cc1NC(=O)c1coc(-c2ccnc(CCC(F)(F)F)c2)n1. The summed E-state index contributed by atoms with van der Waals surface area (Å²) < 4.78 is 57.9. The number of rotatable bonds is 18. The number of carbonyl (C=O) groups excluding carboxylic acids is 4. The Kier molecular flexibility index (Phi) is 13.4. The van der Waals surface area contributed by atoms with E-state index < -0.39 is 42.1 Å². The minimum Gasteiger partial charge on any atom is -0.444 e. The molecule has 324 valence electrons. The van der Waals surface area contributed by atoms with E-state index in [1.807, 2.05) is 12.1 Å². The molecule has 1 saturated carbocycles. The molecule has 0 bridgehead atoms. The van der Waals surface area contributed by atoms with Gasteiger partial charge in [0.1, 0.15) is 12.3 Å². The number of oxazole rings is 2. The average Bonchev–Trinajstić information content (AvgIpc) is 3.98. The molecular weight excluding hydrogens is 804 g/mol. The summed E-state index contributed by atoms with van der Waals surface area (Å²) in [5.41, 5.74) is 7.89. The minimum absolute atomic E-state index is 0.00134. The van der Waals surface area contributed by atoms with Crippen LogP contribution in [-0.4, -0.2) is 80.4 Å². The van der Waals surface area contributed by atoms with Crippen LogP contribution in [0.15, 0.2) is 62.6 Å². The van der Waals surface area contributed by atoms with Crippen LogP contribution in [-0.2, 0) is 27.2 Å². The van der Waals surface area contributed by atoms with Gasteiger partial charge in [-0.2, -0.15) is 18.3 Å². The van der Waals surface area contributed by atoms with Crippen LogP contribution in [0.25, 0.3) is 22.6 Å². The second-order valence-corrected chi connectivity index (χ2v) is 15.3. The van der Waals surface area contributed by atoms with Gasteiger partial charge in [0, 0.05) is 49.7 Å². The summed E-state index contributed by atoms with van der Waals surface area (Å²) >= 11 is 0. The number of imide groups is 1. The average molecular weight is 850 g/mol. The van der Waals surface area contributed by atoms with Gasteiger partial charge in [-0.15, -0.1) is 0 Å². The van der Waals surface area contributed by atoms with Gasteiger partial charge in [-0.05, 0) is 101 Å². The number of primary amides is 1. The molecule has 5 aromatic rings. The molecule has 5 heterocycles. The van der Waals surface area contributed by atoms with E-state index in [0.29, 0.717) is 48.6 Å². The number of para-hydroxylation sites is 1. The number of hydrogen-bond acceptors (Lipinski definition) is 12. The Morgan fingerprint density at radius 3 is 2.61 bits per heavy atom. The van der Waals surface area contributed by atoms with Gasteiger partial charge in [-0.3, -0.25) is 38.7 Å². The van der Waals surface area contributed by atoms with E-state index in [4.69, 9.17) is 19.3 Å². The number of alkyl halides is 3. The molecule has 2 aliphatic rings. The number of carbonyl (C=O) groups is 4. The first-order valence-corrected chi connectivity index (χ1v) is 20.3. The van der Waals surface area contributed by atoms with Crippen molar-refractivity contribution < 1.29 is 45.9 Å². The summed E-state index contributed by atoms with van der Waals surface area (Å²) in [5.74, 6) is -2.51. The Bertz CT molecular complexity index is 2430. The summed E-state index contributed by atoms with van der Waals surface area (Å²) in [5, 5.41) is 12.8. The lowest BCUT2D eigenvalue weighted by molar-refractivity contribution is -0.136. The zero-order valence-corrected chi connectivity index (χ0v) is 33.2. The first-order chi connectivity index (χ1) is 29.3. The number of amides is 4. The standard InChI is InChI=1S/C41H46F3N9O8/c42-41(43,44)15-13-27-20-26(14-17-47-27)39-49-30(23-60-39)37(56)48-29-22-52(51-34(29)36(45)55)28-9-7-24(8-10-28)21-46-16-3-19-59-18-2-5-25-4-1-6-31-35(25)61-40(58)53(31)32-11-12-33(54)50-38(32)57/h1,4,6,14,17,20,22-24,28,32,46H,2-3,5,7-13,15-16,18-19,21H2,(H2,45,55)(H,48,56)(H,50,54,57). The molecule has 1 aliphatic carbocycles. The fourth-order valence-corrected chi connectivity index (χ4v) is 7.79. The topological polar surface area (TPSA) is 231 Å². The number of ether oxygens (including phenoxy) is 1. The quantitative estimate of drug-likeness (QED) is 0.0673. The van der Waals surface area contributed by atoms with Crippen molar-refractivity contribution in [3.8, 4) is 11.5 Å². The Morgan fingerprint density at radius 2 is 1.84 bits per heavy atom. The van der Waals surface area contributed by atoms with Crippen LogP contribution in [0.5, 0.6) is 0 Å². The number of nitrogens with zero attached hydrogens (tertiary/aromatic N) is 5. The van der Waals surface area contributed by atoms with Crippen molar-refractivity contribution in [2.45, 2.75) is 88.9 Å². The van der Waals surface area contributed by atoms with Gasteiger partial charge >= 0.3 is 11.9 Å². The van der Waals surface area contributed by atoms with Gasteiger partial charge in [-0.1, -0.05) is 12.1 Å². The maximum Gasteiger partial charge on any atom is 0.420 e. The number of halogens is 3. The number of nitrogens with one attached hydrogen (secondary N) is 3. The summed E-state index contributed by atoms with van der Waals surface area (Å²) in [6, 6.07) is 7.59. The van der Waals surface area contributed by atoms with E-state index in [1.54, 1.807) is 16.9 Å². The highest BCUT2D eigenvalue weighted by Gasteiger charge is 2.32. The molecule has 1 aromatic carbocycles. The largest absolute Gasteiger partial charge is 0.444 e. The highest BCUT2D eigenvalue weighted by molar-refractivity contribution is 6.07. The molecule has 4 amide bonds. The van der Waals surface area contributed by atoms with E-state index in [0.717, 1.165) is 57.0 Å². The molecule has 1 saturated heterocycles. The molecule has 17 nitrogen and oxygen atoms in total. The predicted molar refractivity (Wildman–Crippen MR) is 212 cm³/mol. The molecule has 1 atom stereocenters. The monoisotopic (exact) mass is 849 g/mol. The lowest BCUT2D eigenvalue weighted by Crippen LogP contribution is -2.43. The van der Waals surface area contributed by atoms with Crippen LogP contribution in [0.3, 0.4) is 0 Å². The van der Waals surface area contributed by atoms with Crippen LogP contribution in [0.1, 0.15) is 102 Å². The minimum atomic E-state index is -4.33. The van der Waals surface area contributed by atoms with Crippen molar-refractivity contribution in [2.75, 3.05) is 31.6 Å². The zero-order chi connectivity index (χ0) is 43.1. The van der Waals surface area contributed by atoms with E-state index in [1.165, 1.54) is 22.9 Å². The third kappa shape index (κ3) is 10.8. The molecule has 61 heavy (non-hydrogen) atoms. The van der Waals surface area contributed by atoms with Gasteiger partial charge in [0.05, 0.1) is 17.2 Å². The summed E-state index contributed by atoms with van der Waals surface area (Å²) in [7, 11) is 0. The van der Waals surface area contributed by atoms with E-state index in [9.17, 15) is 37.1 Å². The second kappa shape index (κ2) is 19.1. The van der Waals surface area contributed by atoms with Crippen LogP contribution in [0, 0.1) is 5.92 Å². The van der Waals surface area contributed by atoms with Gasteiger partial charge in [0.25, 0.3) is 11.8 Å². The van der Waals surface area contributed by atoms with Crippen LogP contribution in [0.2, 0.25) is 0 Å². The summed E-state index contributed by atoms with van der Waals surface area (Å²) in [6.45, 7) is 2.76. The number of hydrogen-bond donors (Lipinski definition) is 4. The van der Waals surface area contributed by atoms with E-state index >= 15 is 0 Å². The molecular formula is C41H46F3N9O8. The number of aromatic nitrogens is 5. The predicted octanol–water partition coefficient (Wildman–Crippen LogP) is 5.03. The Morgan fingerprint density at radius 1 is 1.03 bits per heavy atom. The van der Waals surface area contributed by atoms with Crippen LogP contribution < -0.4 is 27.4 Å². The normalized spacial score (nSPS) is 18.4. The third-order valence-corrected chi connectivity index (χ3v) is 10.9. The maximum atomic E-state index is 13.1. The lowest BCUT2D eigenvalue weighted by atomic mass is 9.86. The van der Waals surface area contributed by atoms with E-state index in [-0.39, 0.29) is 59.9 Å². The fourth-order valence-electron chi connectivity index (χ4n) is 7.79. The summed E-state index contributed by atoms with van der Waals surface area (Å²) in [4.78, 5) is 70.2. The third-order valence-electron chi connectivity index (χ3n) is 10.9. The van der Waals surface area contributed by atoms with Crippen molar-refractivity contribution in [3.63, 3.8) is 0 Å². The molecule has 0 spiro atoms. The van der Waals surface area contributed by atoms with Crippen LogP contribution in [0.4, 0.5) is 18.9 Å². The number of piperidine rings is 1. The first kappa shape index (κ1) is 43.0. The van der Waals surface area contributed by atoms with Crippen molar-refractivity contribution in [3.05, 3.63) is 82.2 Å². The lowest BCUT2D eigenvalue weighted by Gasteiger charge is -2.28. The number of fused-ring (bicyclic) bond motifs is 1. The Balaban J connectivity index is 0.805. The van der Waals surface area contributed by atoms with Gasteiger partial charge < -0.3 is 29.9 Å². The summed E-state index contributed by atoms with van der Waals surface area (Å²) in [6.07, 6.45) is 4.41. The van der Waals surface area contributed by atoms with Gasteiger partial charge in [0.2, 0.25) is 17.7 Å². The molecule has 1 aliphatic heterocycles. The number of pyridine rings is 1. The molecule has 7 rings (SSSR count). The number of anilines is 1. The Labute approximate surface area is 346 Å². The van der Waals surface area contributed by atoms with Gasteiger partial charge in [-0.25, -0.2) is 9.78 Å². The molecule has 4 aromatic heterocycles. The van der Waals surface area contributed by atoms with Crippen LogP contribution >= 0.6 is 0 Å². The number of aryl methyl sites for hydroxylation is 2. The highest BCUT2D eigenvalue weighted by Crippen LogP contribution is 2.33. The molecule has 5 N–H and O–H groups in total. The highest BCUT2D eigenvalue weighted by atomic mass is 19.4. The first-order valence-electron chi connectivity index (χ1n) is 20.3.